The summed E-state index contributed by atoms with van der Waals surface area (Å²) >= 11 is 3.25. The maximum atomic E-state index is 12.0. The standard InChI is InChI=1S/C12H15BrF3NO/c1-8(2)17-6-9-3-10(13)5-11(4-9)18-7-12(14,15)16/h3-5,8,17H,6-7H2,1-2H3. The molecule has 0 amide bonds. The minimum atomic E-state index is -4.32. The average molecular weight is 326 g/mol. The Hall–Kier alpha value is -0.750. The summed E-state index contributed by atoms with van der Waals surface area (Å²) in [6.07, 6.45) is -4.32. The van der Waals surface area contributed by atoms with Gasteiger partial charge in [0.1, 0.15) is 5.75 Å². The second-order valence-electron chi connectivity index (χ2n) is 4.23. The summed E-state index contributed by atoms with van der Waals surface area (Å²) in [5.74, 6) is 0.210. The molecule has 0 saturated carbocycles. The molecule has 1 aromatic rings. The first-order valence-corrected chi connectivity index (χ1v) is 6.28. The third kappa shape index (κ3) is 6.26. The Bertz CT molecular complexity index is 393. The molecule has 102 valence electrons. The number of nitrogens with one attached hydrogen (secondary N) is 1. The lowest BCUT2D eigenvalue weighted by Gasteiger charge is -2.12. The SMILES string of the molecule is CC(C)NCc1cc(Br)cc(OCC(F)(F)F)c1. The van der Waals surface area contributed by atoms with E-state index in [1.54, 1.807) is 6.07 Å². The van der Waals surface area contributed by atoms with E-state index >= 15 is 0 Å². The highest BCUT2D eigenvalue weighted by atomic mass is 79.9. The van der Waals surface area contributed by atoms with Gasteiger partial charge in [0, 0.05) is 17.1 Å². The Morgan fingerprint density at radius 1 is 1.28 bits per heavy atom. The van der Waals surface area contributed by atoms with Gasteiger partial charge in [0.25, 0.3) is 0 Å². The molecule has 0 aromatic heterocycles. The van der Waals surface area contributed by atoms with Gasteiger partial charge < -0.3 is 10.1 Å². The average Bonchev–Trinajstić information content (AvgIpc) is 2.22. The molecule has 0 spiro atoms. The maximum Gasteiger partial charge on any atom is 0.422 e. The smallest absolute Gasteiger partial charge is 0.422 e. The molecule has 6 heteroatoms. The molecule has 0 saturated heterocycles. The van der Waals surface area contributed by atoms with Crippen LogP contribution in [0.25, 0.3) is 0 Å². The third-order valence-corrected chi connectivity index (χ3v) is 2.51. The highest BCUT2D eigenvalue weighted by Gasteiger charge is 2.28. The van der Waals surface area contributed by atoms with Crippen molar-refractivity contribution in [3.8, 4) is 5.75 Å². The van der Waals surface area contributed by atoms with E-state index in [2.05, 4.69) is 21.2 Å². The molecule has 18 heavy (non-hydrogen) atoms. The summed E-state index contributed by atoms with van der Waals surface area (Å²) in [6.45, 7) is 3.30. The maximum absolute atomic E-state index is 12.0. The number of hydrogen-bond donors (Lipinski definition) is 1. The number of alkyl halides is 3. The zero-order chi connectivity index (χ0) is 13.8. The second-order valence-corrected chi connectivity index (χ2v) is 5.15. The lowest BCUT2D eigenvalue weighted by atomic mass is 10.2. The van der Waals surface area contributed by atoms with Gasteiger partial charge in [-0.2, -0.15) is 13.2 Å². The van der Waals surface area contributed by atoms with E-state index in [1.165, 1.54) is 6.07 Å². The van der Waals surface area contributed by atoms with Gasteiger partial charge in [0.15, 0.2) is 6.61 Å². The van der Waals surface area contributed by atoms with Crippen LogP contribution in [0.2, 0.25) is 0 Å². The van der Waals surface area contributed by atoms with Crippen molar-refractivity contribution in [3.05, 3.63) is 28.2 Å². The van der Waals surface area contributed by atoms with Gasteiger partial charge in [0.2, 0.25) is 0 Å². The second kappa shape index (κ2) is 6.43. The number of ether oxygens (including phenoxy) is 1. The lowest BCUT2D eigenvalue weighted by molar-refractivity contribution is -0.153. The Morgan fingerprint density at radius 3 is 2.50 bits per heavy atom. The van der Waals surface area contributed by atoms with Gasteiger partial charge in [-0.1, -0.05) is 29.8 Å². The molecular formula is C12H15BrF3NO. The molecule has 0 aliphatic rings. The quantitative estimate of drug-likeness (QED) is 0.886. The van der Waals surface area contributed by atoms with Crippen LogP contribution in [0, 0.1) is 0 Å². The summed E-state index contributed by atoms with van der Waals surface area (Å²) in [4.78, 5) is 0. The molecule has 0 fully saturated rings. The van der Waals surface area contributed by atoms with Crippen molar-refractivity contribution in [2.45, 2.75) is 32.6 Å². The first kappa shape index (κ1) is 15.3. The van der Waals surface area contributed by atoms with Gasteiger partial charge >= 0.3 is 6.18 Å². The Morgan fingerprint density at radius 2 is 1.94 bits per heavy atom. The first-order chi connectivity index (χ1) is 8.26. The molecule has 0 atom stereocenters. The summed E-state index contributed by atoms with van der Waals surface area (Å²) in [6, 6.07) is 5.27. The van der Waals surface area contributed by atoms with Crippen LogP contribution in [0.3, 0.4) is 0 Å². The van der Waals surface area contributed by atoms with E-state index < -0.39 is 12.8 Å². The van der Waals surface area contributed by atoms with E-state index in [0.29, 0.717) is 17.1 Å². The topological polar surface area (TPSA) is 21.3 Å². The van der Waals surface area contributed by atoms with Crippen LogP contribution in [0.15, 0.2) is 22.7 Å². The van der Waals surface area contributed by atoms with Gasteiger partial charge in [-0.05, 0) is 23.8 Å². The van der Waals surface area contributed by atoms with Crippen molar-refractivity contribution in [2.24, 2.45) is 0 Å². The van der Waals surface area contributed by atoms with Crippen molar-refractivity contribution in [1.82, 2.24) is 5.32 Å². The van der Waals surface area contributed by atoms with Gasteiger partial charge in [-0.15, -0.1) is 0 Å². The number of benzene rings is 1. The summed E-state index contributed by atoms with van der Waals surface area (Å²) in [5.41, 5.74) is 0.871. The molecule has 1 aromatic carbocycles. The normalized spacial score (nSPS) is 11.9. The van der Waals surface area contributed by atoms with Crippen molar-refractivity contribution in [2.75, 3.05) is 6.61 Å². The molecule has 1 rings (SSSR count). The third-order valence-electron chi connectivity index (χ3n) is 2.05. The van der Waals surface area contributed by atoms with Crippen molar-refractivity contribution >= 4 is 15.9 Å². The van der Waals surface area contributed by atoms with Crippen LogP contribution < -0.4 is 10.1 Å². The zero-order valence-electron chi connectivity index (χ0n) is 10.1. The fourth-order valence-electron chi connectivity index (χ4n) is 1.29. The van der Waals surface area contributed by atoms with E-state index in [-0.39, 0.29) is 5.75 Å². The molecule has 0 radical (unpaired) electrons. The number of hydrogen-bond acceptors (Lipinski definition) is 2. The van der Waals surface area contributed by atoms with E-state index in [0.717, 1.165) is 5.56 Å². The largest absolute Gasteiger partial charge is 0.484 e. The van der Waals surface area contributed by atoms with Crippen LogP contribution in [-0.4, -0.2) is 18.8 Å². The first-order valence-electron chi connectivity index (χ1n) is 5.48. The number of rotatable bonds is 5. The van der Waals surface area contributed by atoms with E-state index in [1.807, 2.05) is 19.9 Å². The lowest BCUT2D eigenvalue weighted by Crippen LogP contribution is -2.22. The summed E-state index contributed by atoms with van der Waals surface area (Å²) in [5, 5.41) is 3.19. The zero-order valence-corrected chi connectivity index (χ0v) is 11.7. The molecule has 1 N–H and O–H groups in total. The molecule has 0 aliphatic carbocycles. The van der Waals surface area contributed by atoms with Gasteiger partial charge in [-0.25, -0.2) is 0 Å². The van der Waals surface area contributed by atoms with Crippen LogP contribution >= 0.6 is 15.9 Å². The Balaban J connectivity index is 2.68. The molecule has 0 aliphatic heterocycles. The highest BCUT2D eigenvalue weighted by molar-refractivity contribution is 9.10. The van der Waals surface area contributed by atoms with Crippen LogP contribution in [0.1, 0.15) is 19.4 Å². The fourth-order valence-corrected chi connectivity index (χ4v) is 1.81. The molecule has 0 heterocycles. The predicted molar refractivity (Wildman–Crippen MR) is 67.7 cm³/mol. The van der Waals surface area contributed by atoms with Crippen LogP contribution in [0.5, 0.6) is 5.75 Å². The van der Waals surface area contributed by atoms with Crippen molar-refractivity contribution in [1.29, 1.82) is 0 Å². The van der Waals surface area contributed by atoms with Crippen LogP contribution in [-0.2, 0) is 6.54 Å². The molecule has 0 unspecified atom stereocenters. The molecule has 2 nitrogen and oxygen atoms in total. The van der Waals surface area contributed by atoms with Crippen molar-refractivity contribution in [3.63, 3.8) is 0 Å². The molecular weight excluding hydrogens is 311 g/mol. The fraction of sp³-hybridized carbons (Fsp3) is 0.500. The van der Waals surface area contributed by atoms with Gasteiger partial charge in [0.05, 0.1) is 0 Å². The Kier molecular flexibility index (Phi) is 5.47. The number of halogens is 4. The van der Waals surface area contributed by atoms with E-state index in [4.69, 9.17) is 4.74 Å². The summed E-state index contributed by atoms with van der Waals surface area (Å²) in [7, 11) is 0. The van der Waals surface area contributed by atoms with Crippen LogP contribution in [0.4, 0.5) is 13.2 Å². The highest BCUT2D eigenvalue weighted by Crippen LogP contribution is 2.24. The minimum absolute atomic E-state index is 0.210. The van der Waals surface area contributed by atoms with E-state index in [9.17, 15) is 13.2 Å². The Labute approximate surface area is 113 Å². The molecule has 0 bridgehead atoms. The van der Waals surface area contributed by atoms with Gasteiger partial charge in [-0.3, -0.25) is 0 Å². The monoisotopic (exact) mass is 325 g/mol. The van der Waals surface area contributed by atoms with Crippen molar-refractivity contribution < 1.29 is 17.9 Å². The predicted octanol–water partition coefficient (Wildman–Crippen LogP) is 3.89. The minimum Gasteiger partial charge on any atom is -0.484 e. The summed E-state index contributed by atoms with van der Waals surface area (Å²) < 4.78 is 41.6.